The van der Waals surface area contributed by atoms with Crippen LogP contribution in [0.4, 0.5) is 0 Å². The van der Waals surface area contributed by atoms with Gasteiger partial charge in [0.2, 0.25) is 0 Å². The number of carbonyl (C=O) groups is 2. The summed E-state index contributed by atoms with van der Waals surface area (Å²) in [7, 11) is 0. The van der Waals surface area contributed by atoms with Crippen molar-refractivity contribution in [3.8, 4) is 0 Å². The second-order valence-electron chi connectivity index (χ2n) is 1.85. The molecule has 0 rings (SSSR count). The maximum absolute atomic E-state index is 10.3. The SMILES string of the molecule is NC(CS)COC(=O)C(=O)O. The summed E-state index contributed by atoms with van der Waals surface area (Å²) in [5.74, 6) is -2.56. The fourth-order valence-electron chi connectivity index (χ4n) is 0.297. The largest absolute Gasteiger partial charge is 0.473 e. The van der Waals surface area contributed by atoms with Crippen molar-refractivity contribution in [3.05, 3.63) is 0 Å². The van der Waals surface area contributed by atoms with Gasteiger partial charge in [-0.05, 0) is 0 Å². The summed E-state index contributed by atoms with van der Waals surface area (Å²) >= 11 is 3.81. The number of carbonyl (C=O) groups excluding carboxylic acids is 1. The highest BCUT2D eigenvalue weighted by Gasteiger charge is 2.13. The van der Waals surface area contributed by atoms with Crippen LogP contribution in [0.15, 0.2) is 0 Å². The van der Waals surface area contributed by atoms with Gasteiger partial charge in [-0.3, -0.25) is 0 Å². The van der Waals surface area contributed by atoms with E-state index in [4.69, 9.17) is 10.8 Å². The predicted octanol–water partition coefficient (Wildman–Crippen LogP) is -1.13. The van der Waals surface area contributed by atoms with E-state index >= 15 is 0 Å². The van der Waals surface area contributed by atoms with Gasteiger partial charge in [0, 0.05) is 11.8 Å². The van der Waals surface area contributed by atoms with Crippen molar-refractivity contribution in [1.82, 2.24) is 0 Å². The normalized spacial score (nSPS) is 12.2. The fraction of sp³-hybridized carbons (Fsp3) is 0.600. The van der Waals surface area contributed by atoms with Gasteiger partial charge >= 0.3 is 11.9 Å². The van der Waals surface area contributed by atoms with Crippen LogP contribution >= 0.6 is 12.6 Å². The van der Waals surface area contributed by atoms with Gasteiger partial charge in [0.25, 0.3) is 0 Å². The molecule has 0 saturated carbocycles. The number of nitrogens with two attached hydrogens (primary N) is 1. The summed E-state index contributed by atoms with van der Waals surface area (Å²) < 4.78 is 4.24. The molecule has 11 heavy (non-hydrogen) atoms. The summed E-state index contributed by atoms with van der Waals surface area (Å²) in [6.07, 6.45) is 0. The third-order valence-corrected chi connectivity index (χ3v) is 1.31. The number of esters is 1. The van der Waals surface area contributed by atoms with E-state index in [1.807, 2.05) is 0 Å². The minimum absolute atomic E-state index is 0.116. The van der Waals surface area contributed by atoms with E-state index < -0.39 is 18.0 Å². The fourth-order valence-corrected chi connectivity index (χ4v) is 0.403. The van der Waals surface area contributed by atoms with E-state index in [-0.39, 0.29) is 6.61 Å². The topological polar surface area (TPSA) is 89.6 Å². The molecule has 1 unspecified atom stereocenters. The third kappa shape index (κ3) is 4.63. The molecule has 0 saturated heterocycles. The first-order chi connectivity index (χ1) is 5.07. The van der Waals surface area contributed by atoms with E-state index in [0.29, 0.717) is 5.75 Å². The average molecular weight is 179 g/mol. The van der Waals surface area contributed by atoms with E-state index in [1.165, 1.54) is 0 Å². The van der Waals surface area contributed by atoms with Crippen molar-refractivity contribution in [2.75, 3.05) is 12.4 Å². The van der Waals surface area contributed by atoms with Crippen LogP contribution in [0.2, 0.25) is 0 Å². The second-order valence-corrected chi connectivity index (χ2v) is 2.21. The third-order valence-electron chi connectivity index (χ3n) is 0.838. The zero-order chi connectivity index (χ0) is 8.85. The first-order valence-corrected chi connectivity index (χ1v) is 3.47. The van der Waals surface area contributed by atoms with Crippen molar-refractivity contribution in [1.29, 1.82) is 0 Å². The Labute approximate surface area is 68.9 Å². The Morgan fingerprint density at radius 1 is 1.64 bits per heavy atom. The molecule has 3 N–H and O–H groups in total. The van der Waals surface area contributed by atoms with Gasteiger partial charge in [0.1, 0.15) is 6.61 Å². The number of carboxylic acid groups (broad SMARTS) is 1. The van der Waals surface area contributed by atoms with Crippen molar-refractivity contribution in [2.24, 2.45) is 5.73 Å². The van der Waals surface area contributed by atoms with E-state index in [0.717, 1.165) is 0 Å². The molecule has 1 atom stereocenters. The Hall–Kier alpha value is -0.750. The zero-order valence-electron chi connectivity index (χ0n) is 5.69. The van der Waals surface area contributed by atoms with Crippen molar-refractivity contribution in [3.63, 3.8) is 0 Å². The number of carboxylic acids is 1. The molecule has 0 spiro atoms. The molecule has 0 aliphatic heterocycles. The lowest BCUT2D eigenvalue weighted by Gasteiger charge is -2.06. The van der Waals surface area contributed by atoms with Gasteiger partial charge in [-0.15, -0.1) is 0 Å². The Morgan fingerprint density at radius 3 is 2.55 bits per heavy atom. The highest BCUT2D eigenvalue weighted by atomic mass is 32.1. The summed E-state index contributed by atoms with van der Waals surface area (Å²) in [4.78, 5) is 20.1. The number of aliphatic carboxylic acids is 1. The zero-order valence-corrected chi connectivity index (χ0v) is 6.58. The molecule has 0 radical (unpaired) electrons. The van der Waals surface area contributed by atoms with Crippen molar-refractivity contribution < 1.29 is 19.4 Å². The number of hydrogen-bond acceptors (Lipinski definition) is 5. The lowest BCUT2D eigenvalue weighted by Crippen LogP contribution is -2.31. The summed E-state index contributed by atoms with van der Waals surface area (Å²) in [6, 6.07) is -0.415. The van der Waals surface area contributed by atoms with Crippen LogP contribution in [0.3, 0.4) is 0 Å². The number of hydrogen-bond donors (Lipinski definition) is 3. The number of rotatable bonds is 3. The Balaban J connectivity index is 3.54. The molecule has 5 nitrogen and oxygen atoms in total. The smallest absolute Gasteiger partial charge is 0.417 e. The minimum Gasteiger partial charge on any atom is -0.473 e. The molecule has 0 amide bonds. The standard InChI is InChI=1S/C5H9NO4S/c6-3(2-11)1-10-5(9)4(7)8/h3,11H,1-2,6H2,(H,7,8). The molecule has 0 aromatic rings. The van der Waals surface area contributed by atoms with Crippen molar-refractivity contribution >= 4 is 24.6 Å². The highest BCUT2D eigenvalue weighted by molar-refractivity contribution is 7.80. The Morgan fingerprint density at radius 2 is 2.18 bits per heavy atom. The minimum atomic E-state index is -1.61. The van der Waals surface area contributed by atoms with Crippen LogP contribution in [0.5, 0.6) is 0 Å². The van der Waals surface area contributed by atoms with Crippen LogP contribution < -0.4 is 5.73 Å². The molecule has 0 aliphatic carbocycles. The molecule has 0 heterocycles. The maximum Gasteiger partial charge on any atom is 0.417 e. The first kappa shape index (κ1) is 10.2. The van der Waals surface area contributed by atoms with Crippen LogP contribution in [0, 0.1) is 0 Å². The predicted molar refractivity (Wildman–Crippen MR) is 40.4 cm³/mol. The van der Waals surface area contributed by atoms with E-state index in [2.05, 4.69) is 17.4 Å². The van der Waals surface area contributed by atoms with Gasteiger partial charge in [-0.1, -0.05) is 0 Å². The first-order valence-electron chi connectivity index (χ1n) is 2.84. The van der Waals surface area contributed by atoms with Gasteiger partial charge in [0.15, 0.2) is 0 Å². The number of ether oxygens (including phenoxy) is 1. The number of thiol groups is 1. The van der Waals surface area contributed by atoms with Gasteiger partial charge < -0.3 is 15.6 Å². The molecule has 0 bridgehead atoms. The molecular formula is C5H9NO4S. The molecule has 0 aromatic heterocycles. The molecule has 0 aromatic carbocycles. The summed E-state index contributed by atoms with van der Waals surface area (Å²) in [5, 5.41) is 8.03. The van der Waals surface area contributed by atoms with Crippen molar-refractivity contribution in [2.45, 2.75) is 6.04 Å². The molecule has 6 heteroatoms. The van der Waals surface area contributed by atoms with Crippen LogP contribution in [0.1, 0.15) is 0 Å². The van der Waals surface area contributed by atoms with Gasteiger partial charge in [0.05, 0.1) is 0 Å². The summed E-state index contributed by atoms with van der Waals surface area (Å²) in [5.41, 5.74) is 5.27. The molecule has 0 aliphatic rings. The summed E-state index contributed by atoms with van der Waals surface area (Å²) in [6.45, 7) is -0.116. The quantitative estimate of drug-likeness (QED) is 0.290. The van der Waals surface area contributed by atoms with Gasteiger partial charge in [-0.25, -0.2) is 9.59 Å². The van der Waals surface area contributed by atoms with E-state index in [1.54, 1.807) is 0 Å². The molecule has 64 valence electrons. The average Bonchev–Trinajstić information content (AvgIpc) is 1.99. The molecule has 0 fully saturated rings. The maximum atomic E-state index is 10.3. The van der Waals surface area contributed by atoms with Crippen LogP contribution in [-0.2, 0) is 14.3 Å². The van der Waals surface area contributed by atoms with Crippen LogP contribution in [-0.4, -0.2) is 35.4 Å². The molecular weight excluding hydrogens is 170 g/mol. The van der Waals surface area contributed by atoms with Crippen LogP contribution in [0.25, 0.3) is 0 Å². The highest BCUT2D eigenvalue weighted by Crippen LogP contribution is 1.86. The second kappa shape index (κ2) is 4.97. The Bertz CT molecular complexity index is 161. The van der Waals surface area contributed by atoms with Gasteiger partial charge in [-0.2, -0.15) is 12.6 Å². The lowest BCUT2D eigenvalue weighted by atomic mass is 10.4. The van der Waals surface area contributed by atoms with E-state index in [9.17, 15) is 9.59 Å². The monoisotopic (exact) mass is 179 g/mol. The lowest BCUT2D eigenvalue weighted by molar-refractivity contribution is -0.164. The Kier molecular flexibility index (Phi) is 4.64.